The number of carbonyl (C=O) groups excluding carboxylic acids is 2. The van der Waals surface area contributed by atoms with E-state index in [-0.39, 0.29) is 6.23 Å². The second-order valence-electron chi connectivity index (χ2n) is 13.6. The molecular formula is C36H62N3O5S+. The number of nitrogens with zero attached hydrogens (tertiary/aromatic N) is 3. The van der Waals surface area contributed by atoms with Gasteiger partial charge in [0.05, 0.1) is 38.5 Å². The summed E-state index contributed by atoms with van der Waals surface area (Å²) in [4.78, 5) is 23.2. The number of ether oxygens (including phenoxy) is 3. The first-order valence-electron chi connectivity index (χ1n) is 18.3. The Morgan fingerprint density at radius 3 is 2.16 bits per heavy atom. The van der Waals surface area contributed by atoms with Crippen LogP contribution in [0.15, 0.2) is 6.08 Å². The molecule has 1 aromatic heterocycles. The summed E-state index contributed by atoms with van der Waals surface area (Å²) in [5.41, 5.74) is 2.00. The standard InChI is InChI=1S/C36H62N3O5S/c1-3-4-5-19-28-42-34-33(37-45-38-34)32-25-22-26-39(2,30-32)35(31-23-21-24-31)44-36(41)43-29-20-17-15-13-11-9-7-6-8-10-12-14-16-18-27-40/h25,27,31,35H,3-24,26,28-30H2,1-2H3/q+1. The second kappa shape index (κ2) is 22.5. The molecule has 2 heterocycles. The van der Waals surface area contributed by atoms with Crippen molar-refractivity contribution in [1.29, 1.82) is 0 Å². The molecule has 1 aromatic rings. The molecule has 1 saturated carbocycles. The highest BCUT2D eigenvalue weighted by atomic mass is 32.1. The molecule has 256 valence electrons. The third kappa shape index (κ3) is 14.1. The minimum absolute atomic E-state index is 0.206. The average molecular weight is 649 g/mol. The van der Waals surface area contributed by atoms with Crippen LogP contribution in [0.2, 0.25) is 0 Å². The lowest BCUT2D eigenvalue weighted by atomic mass is 9.82. The van der Waals surface area contributed by atoms with Gasteiger partial charge in [-0.15, -0.1) is 4.37 Å². The molecule has 1 aliphatic carbocycles. The largest absolute Gasteiger partial charge is 0.512 e. The molecule has 0 saturated heterocycles. The Balaban J connectivity index is 1.31. The van der Waals surface area contributed by atoms with Gasteiger partial charge >= 0.3 is 6.16 Å². The van der Waals surface area contributed by atoms with Crippen LogP contribution in [0, 0.1) is 5.92 Å². The molecule has 9 heteroatoms. The number of likely N-dealkylation sites (N-methyl/N-ethyl adjacent to an activating group) is 1. The first kappa shape index (κ1) is 37.5. The Kier molecular flexibility index (Phi) is 18.7. The van der Waals surface area contributed by atoms with E-state index in [0.29, 0.717) is 29.5 Å². The third-order valence-electron chi connectivity index (χ3n) is 9.63. The molecule has 2 aliphatic rings. The number of hydrogen-bond acceptors (Lipinski definition) is 8. The second-order valence-corrected chi connectivity index (χ2v) is 14.1. The minimum atomic E-state index is -0.516. The van der Waals surface area contributed by atoms with Gasteiger partial charge < -0.3 is 19.0 Å². The molecule has 0 bridgehead atoms. The number of hydrogen-bond donors (Lipinski definition) is 0. The van der Waals surface area contributed by atoms with E-state index in [1.807, 2.05) is 0 Å². The lowest BCUT2D eigenvalue weighted by Crippen LogP contribution is -2.60. The van der Waals surface area contributed by atoms with Gasteiger partial charge in [0.15, 0.2) is 0 Å². The average Bonchev–Trinajstić information content (AvgIpc) is 3.48. The summed E-state index contributed by atoms with van der Waals surface area (Å²) in [5, 5.41) is 0. The molecule has 8 nitrogen and oxygen atoms in total. The summed E-state index contributed by atoms with van der Waals surface area (Å²) in [7, 11) is 2.21. The van der Waals surface area contributed by atoms with Crippen LogP contribution in [0.25, 0.3) is 5.57 Å². The fourth-order valence-corrected chi connectivity index (χ4v) is 7.18. The summed E-state index contributed by atoms with van der Waals surface area (Å²) < 4.78 is 27.5. The van der Waals surface area contributed by atoms with E-state index in [1.165, 1.54) is 102 Å². The van der Waals surface area contributed by atoms with Crippen molar-refractivity contribution in [2.24, 2.45) is 5.92 Å². The summed E-state index contributed by atoms with van der Waals surface area (Å²) in [6.07, 6.45) is 28.1. The minimum Gasteiger partial charge on any atom is -0.475 e. The van der Waals surface area contributed by atoms with Gasteiger partial charge in [-0.2, -0.15) is 4.37 Å². The summed E-state index contributed by atoms with van der Waals surface area (Å²) in [6, 6.07) is 0. The zero-order valence-corrected chi connectivity index (χ0v) is 29.3. The van der Waals surface area contributed by atoms with Gasteiger partial charge in [0.2, 0.25) is 6.23 Å². The van der Waals surface area contributed by atoms with Crippen molar-refractivity contribution in [1.82, 2.24) is 8.75 Å². The van der Waals surface area contributed by atoms with Crippen molar-refractivity contribution >= 4 is 29.7 Å². The zero-order valence-electron chi connectivity index (χ0n) is 28.5. The van der Waals surface area contributed by atoms with Crippen molar-refractivity contribution in [3.8, 4) is 5.88 Å². The lowest BCUT2D eigenvalue weighted by Gasteiger charge is -2.47. The number of aromatic nitrogens is 2. The fraction of sp³-hybridized carbons (Fsp3) is 0.833. The molecule has 2 atom stereocenters. The normalized spacial score (nSPS) is 19.0. The summed E-state index contributed by atoms with van der Waals surface area (Å²) in [5.74, 6) is 1.02. The summed E-state index contributed by atoms with van der Waals surface area (Å²) in [6.45, 7) is 4.98. The number of rotatable bonds is 26. The van der Waals surface area contributed by atoms with E-state index in [1.54, 1.807) is 0 Å². The van der Waals surface area contributed by atoms with Gasteiger partial charge in [-0.3, -0.25) is 4.48 Å². The third-order valence-corrected chi connectivity index (χ3v) is 10.1. The van der Waals surface area contributed by atoms with Crippen molar-refractivity contribution in [2.45, 2.75) is 154 Å². The van der Waals surface area contributed by atoms with Crippen LogP contribution in [0.5, 0.6) is 5.88 Å². The monoisotopic (exact) mass is 648 g/mol. The Hall–Kier alpha value is -2.00. The molecule has 2 unspecified atom stereocenters. The molecule has 0 N–H and O–H groups in total. The van der Waals surface area contributed by atoms with E-state index < -0.39 is 6.16 Å². The fourth-order valence-electron chi connectivity index (χ4n) is 6.64. The molecule has 3 rings (SSSR count). The number of carbonyl (C=O) groups is 2. The maximum Gasteiger partial charge on any atom is 0.512 e. The van der Waals surface area contributed by atoms with Crippen LogP contribution in [-0.2, 0) is 14.3 Å². The van der Waals surface area contributed by atoms with E-state index in [0.717, 1.165) is 82.0 Å². The van der Waals surface area contributed by atoms with Gasteiger partial charge in [0.1, 0.15) is 18.5 Å². The molecule has 0 amide bonds. The van der Waals surface area contributed by atoms with Crippen molar-refractivity contribution in [2.75, 3.05) is 33.4 Å². The Bertz CT molecular complexity index is 982. The SMILES string of the molecule is CCCCCCOc1nsnc1C1=CCC[N+](C)(C(OC(=O)OCCCCCCCCCCCCCCCC=O)C2CCC2)C1. The van der Waals surface area contributed by atoms with Gasteiger partial charge in [-0.25, -0.2) is 4.79 Å². The van der Waals surface area contributed by atoms with E-state index in [4.69, 9.17) is 14.2 Å². The van der Waals surface area contributed by atoms with Crippen molar-refractivity contribution in [3.63, 3.8) is 0 Å². The quantitative estimate of drug-likeness (QED) is 0.0428. The molecule has 0 spiro atoms. The van der Waals surface area contributed by atoms with Crippen LogP contribution in [0.3, 0.4) is 0 Å². The van der Waals surface area contributed by atoms with Crippen LogP contribution in [0.1, 0.15) is 154 Å². The van der Waals surface area contributed by atoms with E-state index >= 15 is 0 Å². The lowest BCUT2D eigenvalue weighted by molar-refractivity contribution is -0.952. The maximum absolute atomic E-state index is 12.9. The smallest absolute Gasteiger partial charge is 0.475 e. The van der Waals surface area contributed by atoms with Crippen molar-refractivity contribution in [3.05, 3.63) is 11.8 Å². The number of unbranched alkanes of at least 4 members (excludes halogenated alkanes) is 16. The molecule has 1 fully saturated rings. The highest BCUT2D eigenvalue weighted by Crippen LogP contribution is 2.39. The molecule has 0 radical (unpaired) electrons. The Labute approximate surface area is 277 Å². The van der Waals surface area contributed by atoms with Crippen LogP contribution in [0.4, 0.5) is 4.79 Å². The highest BCUT2D eigenvalue weighted by molar-refractivity contribution is 6.99. The van der Waals surface area contributed by atoms with Crippen LogP contribution < -0.4 is 4.74 Å². The predicted molar refractivity (Wildman–Crippen MR) is 182 cm³/mol. The Morgan fingerprint density at radius 1 is 0.911 bits per heavy atom. The summed E-state index contributed by atoms with van der Waals surface area (Å²) >= 11 is 1.21. The molecule has 1 aliphatic heterocycles. The van der Waals surface area contributed by atoms with Gasteiger partial charge in [-0.1, -0.05) is 109 Å². The molecule has 45 heavy (non-hydrogen) atoms. The predicted octanol–water partition coefficient (Wildman–Crippen LogP) is 9.67. The number of aldehydes is 1. The van der Waals surface area contributed by atoms with Crippen molar-refractivity contribution < 1.29 is 28.3 Å². The van der Waals surface area contributed by atoms with Gasteiger partial charge in [0, 0.05) is 24.3 Å². The van der Waals surface area contributed by atoms with E-state index in [9.17, 15) is 9.59 Å². The van der Waals surface area contributed by atoms with Gasteiger partial charge in [-0.05, 0) is 32.1 Å². The maximum atomic E-state index is 12.9. The first-order valence-corrected chi connectivity index (χ1v) is 19.1. The highest BCUT2D eigenvalue weighted by Gasteiger charge is 2.46. The zero-order chi connectivity index (χ0) is 32.0. The first-order chi connectivity index (χ1) is 22.1. The topological polar surface area (TPSA) is 87.6 Å². The molecular weight excluding hydrogens is 586 g/mol. The van der Waals surface area contributed by atoms with Gasteiger partial charge in [0.25, 0.3) is 5.88 Å². The van der Waals surface area contributed by atoms with Crippen LogP contribution >= 0.6 is 11.7 Å². The Morgan fingerprint density at radius 2 is 1.53 bits per heavy atom. The van der Waals surface area contributed by atoms with E-state index in [2.05, 4.69) is 28.8 Å². The van der Waals surface area contributed by atoms with Crippen LogP contribution in [-0.4, -0.2) is 65.3 Å². The number of quaternary nitrogens is 1. The molecule has 0 aromatic carbocycles.